The Morgan fingerprint density at radius 3 is 2.68 bits per heavy atom. The van der Waals surface area contributed by atoms with Crippen molar-refractivity contribution in [3.8, 4) is 5.75 Å². The molecule has 0 spiro atoms. The minimum Gasteiger partial charge on any atom is -0.494 e. The zero-order valence-electron chi connectivity index (χ0n) is 16.8. The van der Waals surface area contributed by atoms with Crippen LogP contribution in [0, 0.1) is 0 Å². The number of ether oxygens (including phenoxy) is 2. The first kappa shape index (κ1) is 20.8. The fourth-order valence-corrected chi connectivity index (χ4v) is 4.16. The summed E-state index contributed by atoms with van der Waals surface area (Å²) in [6, 6.07) is 7.89. The van der Waals surface area contributed by atoms with Crippen LogP contribution in [0.5, 0.6) is 5.75 Å². The monoisotopic (exact) mass is 403 g/mol. The third-order valence-electron chi connectivity index (χ3n) is 4.55. The fraction of sp³-hybridized carbons (Fsp3) is 0.524. The molecule has 1 fully saturated rings. The molecule has 0 bridgehead atoms. The number of nitrogens with one attached hydrogen (secondary N) is 1. The maximum Gasteiger partial charge on any atom is 0.226 e. The highest BCUT2D eigenvalue weighted by molar-refractivity contribution is 7.13. The minimum atomic E-state index is -0.0107. The van der Waals surface area contributed by atoms with Gasteiger partial charge < -0.3 is 14.8 Å². The Labute approximate surface area is 170 Å². The van der Waals surface area contributed by atoms with Crippen molar-refractivity contribution in [3.63, 3.8) is 0 Å². The molecule has 2 unspecified atom stereocenters. The van der Waals surface area contributed by atoms with Crippen molar-refractivity contribution < 1.29 is 14.3 Å². The summed E-state index contributed by atoms with van der Waals surface area (Å²) in [6.07, 6.45) is 1.61. The normalized spacial score (nSPS) is 20.1. The Bertz CT molecular complexity index is 753. The molecule has 1 amide bonds. The molecule has 0 radical (unpaired) electrons. The van der Waals surface area contributed by atoms with E-state index in [1.807, 2.05) is 36.6 Å². The van der Waals surface area contributed by atoms with Gasteiger partial charge in [0.15, 0.2) is 5.13 Å². The van der Waals surface area contributed by atoms with Crippen molar-refractivity contribution in [3.05, 3.63) is 40.9 Å². The van der Waals surface area contributed by atoms with Crippen LogP contribution < -0.4 is 10.1 Å². The van der Waals surface area contributed by atoms with E-state index < -0.39 is 0 Å². The Hall–Kier alpha value is -1.96. The molecule has 3 rings (SSSR count). The van der Waals surface area contributed by atoms with Gasteiger partial charge in [0, 0.05) is 31.4 Å². The molecule has 1 aliphatic rings. The molecule has 28 heavy (non-hydrogen) atoms. The molecule has 1 N–H and O–H groups in total. The Balaban J connectivity index is 1.44. The molecule has 6 nitrogen and oxygen atoms in total. The average Bonchev–Trinajstić information content (AvgIpc) is 3.07. The molecule has 1 aliphatic heterocycles. The highest BCUT2D eigenvalue weighted by Crippen LogP contribution is 2.20. The van der Waals surface area contributed by atoms with Gasteiger partial charge in [-0.3, -0.25) is 9.69 Å². The van der Waals surface area contributed by atoms with Gasteiger partial charge in [0.05, 0.1) is 24.5 Å². The van der Waals surface area contributed by atoms with Crippen molar-refractivity contribution in [2.24, 2.45) is 0 Å². The summed E-state index contributed by atoms with van der Waals surface area (Å²) in [5.74, 6) is 0.846. The van der Waals surface area contributed by atoms with Crippen LogP contribution in [0.1, 0.15) is 38.4 Å². The topological polar surface area (TPSA) is 63.7 Å². The van der Waals surface area contributed by atoms with Crippen LogP contribution in [0.2, 0.25) is 0 Å². The maximum atomic E-state index is 12.2. The van der Waals surface area contributed by atoms with Gasteiger partial charge in [-0.25, -0.2) is 4.98 Å². The number of anilines is 1. The van der Waals surface area contributed by atoms with Crippen LogP contribution in [0.4, 0.5) is 5.13 Å². The SMILES string of the molecule is CCOc1ccc(CCC(=O)Nc2nc(CN3CC(C)OC(C)C3)cs2)cc1. The second-order valence-corrected chi connectivity index (χ2v) is 8.08. The average molecular weight is 404 g/mol. The number of aryl methyl sites for hydroxylation is 1. The summed E-state index contributed by atoms with van der Waals surface area (Å²) >= 11 is 1.48. The van der Waals surface area contributed by atoms with E-state index in [1.54, 1.807) is 0 Å². The van der Waals surface area contributed by atoms with Gasteiger partial charge in [-0.2, -0.15) is 0 Å². The van der Waals surface area contributed by atoms with Crippen LogP contribution in [-0.2, 0) is 22.5 Å². The van der Waals surface area contributed by atoms with Crippen molar-refractivity contribution in [2.45, 2.75) is 52.4 Å². The van der Waals surface area contributed by atoms with Gasteiger partial charge in [0.1, 0.15) is 5.75 Å². The molecule has 0 aliphatic carbocycles. The van der Waals surface area contributed by atoms with E-state index in [-0.39, 0.29) is 18.1 Å². The molecule has 2 heterocycles. The van der Waals surface area contributed by atoms with Gasteiger partial charge in [-0.1, -0.05) is 12.1 Å². The number of nitrogens with zero attached hydrogens (tertiary/aromatic N) is 2. The van der Waals surface area contributed by atoms with Crippen LogP contribution in [0.3, 0.4) is 0 Å². The predicted molar refractivity (Wildman–Crippen MR) is 112 cm³/mol. The number of aromatic nitrogens is 1. The first-order valence-electron chi connectivity index (χ1n) is 9.85. The molecule has 1 aromatic carbocycles. The lowest BCUT2D eigenvalue weighted by atomic mass is 10.1. The van der Waals surface area contributed by atoms with E-state index in [2.05, 4.69) is 29.0 Å². The molecule has 1 saturated heterocycles. The van der Waals surface area contributed by atoms with Gasteiger partial charge in [-0.15, -0.1) is 11.3 Å². The summed E-state index contributed by atoms with van der Waals surface area (Å²) in [4.78, 5) is 19.2. The van der Waals surface area contributed by atoms with Crippen molar-refractivity contribution in [2.75, 3.05) is 25.0 Å². The number of morpholine rings is 1. The molecular weight excluding hydrogens is 374 g/mol. The van der Waals surface area contributed by atoms with Crippen LogP contribution in [0.25, 0.3) is 0 Å². The molecule has 1 aromatic heterocycles. The van der Waals surface area contributed by atoms with E-state index in [1.165, 1.54) is 11.3 Å². The quantitative estimate of drug-likeness (QED) is 0.728. The zero-order chi connectivity index (χ0) is 19.9. The third-order valence-corrected chi connectivity index (χ3v) is 5.36. The number of thiazole rings is 1. The Morgan fingerprint density at radius 2 is 2.00 bits per heavy atom. The lowest BCUT2D eigenvalue weighted by molar-refractivity contribution is -0.116. The summed E-state index contributed by atoms with van der Waals surface area (Å²) < 4.78 is 11.2. The van der Waals surface area contributed by atoms with E-state index >= 15 is 0 Å². The molecule has 152 valence electrons. The first-order valence-corrected chi connectivity index (χ1v) is 10.7. The largest absolute Gasteiger partial charge is 0.494 e. The van der Waals surface area contributed by atoms with Crippen LogP contribution in [-0.4, -0.2) is 47.7 Å². The maximum absolute atomic E-state index is 12.2. The van der Waals surface area contributed by atoms with Gasteiger partial charge >= 0.3 is 0 Å². The Kier molecular flexibility index (Phi) is 7.42. The van der Waals surface area contributed by atoms with Crippen LogP contribution in [0.15, 0.2) is 29.6 Å². The molecule has 2 aromatic rings. The van der Waals surface area contributed by atoms with E-state index in [0.29, 0.717) is 24.6 Å². The number of hydrogen-bond donors (Lipinski definition) is 1. The van der Waals surface area contributed by atoms with E-state index in [9.17, 15) is 4.79 Å². The molecule has 2 atom stereocenters. The van der Waals surface area contributed by atoms with Crippen molar-refractivity contribution in [1.82, 2.24) is 9.88 Å². The molecule has 7 heteroatoms. The second-order valence-electron chi connectivity index (χ2n) is 7.22. The van der Waals surface area contributed by atoms with Crippen molar-refractivity contribution in [1.29, 1.82) is 0 Å². The number of rotatable bonds is 8. The van der Waals surface area contributed by atoms with Crippen LogP contribution >= 0.6 is 11.3 Å². The lowest BCUT2D eigenvalue weighted by Crippen LogP contribution is -2.44. The third kappa shape index (κ3) is 6.29. The number of carbonyl (C=O) groups excluding carboxylic acids is 1. The Morgan fingerprint density at radius 1 is 1.29 bits per heavy atom. The summed E-state index contributed by atoms with van der Waals surface area (Å²) in [5, 5.41) is 5.61. The number of hydrogen-bond acceptors (Lipinski definition) is 6. The first-order chi connectivity index (χ1) is 13.5. The second kappa shape index (κ2) is 10.0. The fourth-order valence-electron chi connectivity index (χ4n) is 3.44. The minimum absolute atomic E-state index is 0.0107. The predicted octanol–water partition coefficient (Wildman–Crippen LogP) is 3.72. The summed E-state index contributed by atoms with van der Waals surface area (Å²) in [7, 11) is 0. The smallest absolute Gasteiger partial charge is 0.226 e. The van der Waals surface area contributed by atoms with E-state index in [4.69, 9.17) is 9.47 Å². The van der Waals surface area contributed by atoms with Gasteiger partial charge in [0.25, 0.3) is 0 Å². The van der Waals surface area contributed by atoms with Gasteiger partial charge in [-0.05, 0) is 44.9 Å². The molecular formula is C21H29N3O3S. The molecule has 0 saturated carbocycles. The van der Waals surface area contributed by atoms with Crippen molar-refractivity contribution >= 4 is 22.4 Å². The zero-order valence-corrected chi connectivity index (χ0v) is 17.6. The number of carbonyl (C=O) groups is 1. The number of amides is 1. The standard InChI is InChI=1S/C21H29N3O3S/c1-4-26-19-8-5-17(6-9-19)7-10-20(25)23-21-22-18(14-28-21)13-24-11-15(2)27-16(3)12-24/h5-6,8-9,14-16H,4,7,10-13H2,1-3H3,(H,22,23,25). The summed E-state index contributed by atoms with van der Waals surface area (Å²) in [5.41, 5.74) is 2.11. The summed E-state index contributed by atoms with van der Waals surface area (Å²) in [6.45, 7) is 9.42. The van der Waals surface area contributed by atoms with E-state index in [0.717, 1.165) is 36.6 Å². The highest BCUT2D eigenvalue weighted by atomic mass is 32.1. The highest BCUT2D eigenvalue weighted by Gasteiger charge is 2.22. The number of benzene rings is 1. The van der Waals surface area contributed by atoms with Gasteiger partial charge in [0.2, 0.25) is 5.91 Å². The lowest BCUT2D eigenvalue weighted by Gasteiger charge is -2.34.